The van der Waals surface area contributed by atoms with Crippen LogP contribution in [0.25, 0.3) is 11.1 Å². The normalized spacial score (nSPS) is 16.5. The molecule has 1 aliphatic rings. The summed E-state index contributed by atoms with van der Waals surface area (Å²) >= 11 is 0. The lowest BCUT2D eigenvalue weighted by molar-refractivity contribution is -0.143. The van der Waals surface area contributed by atoms with Gasteiger partial charge in [0.2, 0.25) is 5.91 Å². The summed E-state index contributed by atoms with van der Waals surface area (Å²) in [4.78, 5) is 43.3. The van der Waals surface area contributed by atoms with Crippen molar-refractivity contribution in [3.63, 3.8) is 0 Å². The number of nitrogens with zero attached hydrogens (tertiary/aromatic N) is 1. The second kappa shape index (κ2) is 16.3. The standard InChI is InChI=1S/C38H45F4NO5/c1-9-25-15-26(33(44)19-32(25)38(40,41)42)16-28(11-21(3)4)37(46)43-20-29(18-34(45)48-10-2)31-17-27(12-24(7)36(31)39)35-22(5)13-30(47-8)14-23(35)6/h12-15,17,19-21,26,28-29H,9-11,16,18H2,1-8H3. The molecule has 3 atom stereocenters. The van der Waals surface area contributed by atoms with Gasteiger partial charge in [0.05, 0.1) is 25.7 Å². The summed E-state index contributed by atoms with van der Waals surface area (Å²) in [6, 6.07) is 7.13. The predicted molar refractivity (Wildman–Crippen MR) is 179 cm³/mol. The van der Waals surface area contributed by atoms with Gasteiger partial charge in [-0.3, -0.25) is 14.4 Å². The van der Waals surface area contributed by atoms with Crippen LogP contribution in [0.1, 0.15) is 81.5 Å². The van der Waals surface area contributed by atoms with Crippen LogP contribution in [-0.4, -0.2) is 43.8 Å². The summed E-state index contributed by atoms with van der Waals surface area (Å²) in [5.41, 5.74) is 2.94. The third-order valence-electron chi connectivity index (χ3n) is 8.52. The fourth-order valence-corrected chi connectivity index (χ4v) is 6.31. The predicted octanol–water partition coefficient (Wildman–Crippen LogP) is 9.14. The Morgan fingerprint density at radius 2 is 1.67 bits per heavy atom. The number of ether oxygens (including phenoxy) is 2. The van der Waals surface area contributed by atoms with Gasteiger partial charge < -0.3 is 9.47 Å². The first-order valence-electron chi connectivity index (χ1n) is 16.2. The van der Waals surface area contributed by atoms with E-state index in [1.807, 2.05) is 39.8 Å². The van der Waals surface area contributed by atoms with Crippen LogP contribution >= 0.6 is 0 Å². The van der Waals surface area contributed by atoms with E-state index < -0.39 is 53.0 Å². The van der Waals surface area contributed by atoms with Crippen LogP contribution in [0.15, 0.2) is 52.6 Å². The lowest BCUT2D eigenvalue weighted by atomic mass is 9.80. The number of amides is 1. The number of hydrogen-bond acceptors (Lipinski definition) is 5. The number of allylic oxidation sites excluding steroid dienone is 4. The Morgan fingerprint density at radius 3 is 2.21 bits per heavy atom. The van der Waals surface area contributed by atoms with Crippen LogP contribution in [0.3, 0.4) is 0 Å². The van der Waals surface area contributed by atoms with E-state index in [0.29, 0.717) is 29.4 Å². The number of benzene rings is 2. The minimum absolute atomic E-state index is 0.00632. The molecule has 0 saturated carbocycles. The number of halogens is 4. The number of aryl methyl sites for hydroxylation is 3. The van der Waals surface area contributed by atoms with Gasteiger partial charge >= 0.3 is 12.1 Å². The summed E-state index contributed by atoms with van der Waals surface area (Å²) in [6.07, 6.45) is -1.38. The van der Waals surface area contributed by atoms with Crippen molar-refractivity contribution in [2.24, 2.45) is 22.7 Å². The summed E-state index contributed by atoms with van der Waals surface area (Å²) in [6.45, 7) is 12.6. The lowest BCUT2D eigenvalue weighted by Gasteiger charge is -2.25. The molecule has 3 rings (SSSR count). The highest BCUT2D eigenvalue weighted by atomic mass is 19.4. The van der Waals surface area contributed by atoms with E-state index in [0.717, 1.165) is 16.7 Å². The Kier molecular flexibility index (Phi) is 13.1. The highest BCUT2D eigenvalue weighted by molar-refractivity contribution is 5.97. The van der Waals surface area contributed by atoms with E-state index in [1.165, 1.54) is 12.3 Å². The molecule has 0 N–H and O–H groups in total. The number of rotatable bonds is 13. The number of carbonyl (C=O) groups is 3. The van der Waals surface area contributed by atoms with Crippen molar-refractivity contribution in [3.8, 4) is 16.9 Å². The fraction of sp³-hybridized carbons (Fsp3) is 0.474. The van der Waals surface area contributed by atoms with Gasteiger partial charge in [-0.1, -0.05) is 26.8 Å². The Hall–Kier alpha value is -4.08. The molecule has 0 aliphatic heterocycles. The Morgan fingerprint density at radius 1 is 1.02 bits per heavy atom. The topological polar surface area (TPSA) is 82.0 Å². The Labute approximate surface area is 280 Å². The molecule has 2 aromatic rings. The fourth-order valence-electron chi connectivity index (χ4n) is 6.31. The maximum Gasteiger partial charge on any atom is 0.416 e. The molecule has 0 saturated heterocycles. The largest absolute Gasteiger partial charge is 0.497 e. The molecule has 0 spiro atoms. The molecule has 2 aromatic carbocycles. The molecular weight excluding hydrogens is 626 g/mol. The van der Waals surface area contributed by atoms with Crippen LogP contribution < -0.4 is 4.74 Å². The van der Waals surface area contributed by atoms with Gasteiger partial charge in [0.25, 0.3) is 0 Å². The third kappa shape index (κ3) is 9.51. The summed E-state index contributed by atoms with van der Waals surface area (Å²) < 4.78 is 67.0. The quantitative estimate of drug-likeness (QED) is 0.121. The van der Waals surface area contributed by atoms with Crippen molar-refractivity contribution in [1.82, 2.24) is 0 Å². The molecule has 0 bridgehead atoms. The number of hydrogen-bond donors (Lipinski definition) is 0. The first-order valence-corrected chi connectivity index (χ1v) is 16.2. The second-order valence-electron chi connectivity index (χ2n) is 12.7. The van der Waals surface area contributed by atoms with Crippen molar-refractivity contribution in [2.45, 2.75) is 86.2 Å². The van der Waals surface area contributed by atoms with Crippen LogP contribution in [0.5, 0.6) is 5.75 Å². The van der Waals surface area contributed by atoms with Gasteiger partial charge in [-0.2, -0.15) is 13.2 Å². The van der Waals surface area contributed by atoms with Crippen molar-refractivity contribution < 1.29 is 41.4 Å². The van der Waals surface area contributed by atoms with Gasteiger partial charge in [0, 0.05) is 24.0 Å². The van der Waals surface area contributed by atoms with Gasteiger partial charge in [0.1, 0.15) is 11.6 Å². The monoisotopic (exact) mass is 671 g/mol. The van der Waals surface area contributed by atoms with Crippen molar-refractivity contribution >= 4 is 23.9 Å². The highest BCUT2D eigenvalue weighted by Crippen LogP contribution is 2.39. The number of alkyl halides is 3. The SMILES string of the molecule is CCOC(=O)CC(C=NC(=O)C(CC(C)C)CC1C=C(CC)C(C(F)(F)F)=CC1=O)c1cc(-c2c(C)cc(OC)cc2C)cc(C)c1F. The van der Waals surface area contributed by atoms with Gasteiger partial charge in [0.15, 0.2) is 5.78 Å². The van der Waals surface area contributed by atoms with Crippen LogP contribution in [0, 0.1) is 44.3 Å². The maximum absolute atomic E-state index is 15.8. The molecule has 1 aliphatic carbocycles. The summed E-state index contributed by atoms with van der Waals surface area (Å²) in [5.74, 6) is -4.46. The van der Waals surface area contributed by atoms with Crippen LogP contribution in [-0.2, 0) is 19.1 Å². The van der Waals surface area contributed by atoms with E-state index in [1.54, 1.807) is 40.0 Å². The number of carbonyl (C=O) groups excluding carboxylic acids is 3. The zero-order valence-electron chi connectivity index (χ0n) is 28.9. The molecule has 10 heteroatoms. The molecule has 3 unspecified atom stereocenters. The molecule has 260 valence electrons. The molecular formula is C38H45F4NO5. The molecule has 0 heterocycles. The Bertz CT molecular complexity index is 1600. The van der Waals surface area contributed by atoms with Crippen molar-refractivity contribution in [1.29, 1.82) is 0 Å². The van der Waals surface area contributed by atoms with E-state index >= 15 is 4.39 Å². The van der Waals surface area contributed by atoms with Crippen LogP contribution in [0.2, 0.25) is 0 Å². The average molecular weight is 672 g/mol. The zero-order valence-corrected chi connectivity index (χ0v) is 28.9. The van der Waals surface area contributed by atoms with E-state index in [4.69, 9.17) is 9.47 Å². The molecule has 0 radical (unpaired) electrons. The van der Waals surface area contributed by atoms with Gasteiger partial charge in [-0.25, -0.2) is 9.38 Å². The smallest absolute Gasteiger partial charge is 0.416 e. The highest BCUT2D eigenvalue weighted by Gasteiger charge is 2.39. The summed E-state index contributed by atoms with van der Waals surface area (Å²) in [5, 5.41) is 0. The van der Waals surface area contributed by atoms with Gasteiger partial charge in [-0.15, -0.1) is 0 Å². The Balaban J connectivity index is 2.03. The number of methoxy groups -OCH3 is 1. The number of ketones is 1. The minimum atomic E-state index is -4.66. The zero-order chi connectivity index (χ0) is 35.9. The van der Waals surface area contributed by atoms with E-state index in [9.17, 15) is 27.6 Å². The third-order valence-corrected chi connectivity index (χ3v) is 8.52. The van der Waals surface area contributed by atoms with Crippen molar-refractivity contribution in [2.75, 3.05) is 13.7 Å². The first-order chi connectivity index (χ1) is 22.5. The molecule has 48 heavy (non-hydrogen) atoms. The second-order valence-corrected chi connectivity index (χ2v) is 12.7. The average Bonchev–Trinajstić information content (AvgIpc) is 3.00. The maximum atomic E-state index is 15.8. The summed E-state index contributed by atoms with van der Waals surface area (Å²) in [7, 11) is 1.58. The minimum Gasteiger partial charge on any atom is -0.497 e. The number of esters is 1. The first kappa shape index (κ1) is 38.4. The van der Waals surface area contributed by atoms with Gasteiger partial charge in [-0.05, 0) is 122 Å². The molecule has 6 nitrogen and oxygen atoms in total. The number of aliphatic imine (C=N–C) groups is 1. The van der Waals surface area contributed by atoms with E-state index in [2.05, 4.69) is 4.99 Å². The van der Waals surface area contributed by atoms with Crippen molar-refractivity contribution in [3.05, 3.63) is 75.6 Å². The molecule has 0 fully saturated rings. The van der Waals surface area contributed by atoms with Crippen LogP contribution in [0.4, 0.5) is 17.6 Å². The van der Waals surface area contributed by atoms with E-state index in [-0.39, 0.29) is 42.9 Å². The lowest BCUT2D eigenvalue weighted by Crippen LogP contribution is -2.27. The molecule has 1 amide bonds. The molecule has 0 aromatic heterocycles.